The van der Waals surface area contributed by atoms with Crippen molar-refractivity contribution < 1.29 is 13.3 Å². The summed E-state index contributed by atoms with van der Waals surface area (Å²) in [4.78, 5) is 0. The molecule has 0 unspecified atom stereocenters. The minimum absolute atomic E-state index is 1.54. The Balaban J connectivity index is 0. The van der Waals surface area contributed by atoms with E-state index in [4.69, 9.17) is 13.3 Å². The van der Waals surface area contributed by atoms with E-state index in [0.29, 0.717) is 0 Å². The van der Waals surface area contributed by atoms with Crippen molar-refractivity contribution in [1.82, 2.24) is 0 Å². The van der Waals surface area contributed by atoms with E-state index in [1.54, 1.807) is 27.0 Å². The Morgan fingerprint density at radius 1 is 1.00 bits per heavy atom. The molecule has 0 amide bonds. The third kappa shape index (κ3) is 4.10. The lowest BCUT2D eigenvalue weighted by atomic mass is 11.3. The molecule has 0 spiro atoms. The van der Waals surface area contributed by atoms with Crippen molar-refractivity contribution in [3.63, 3.8) is 0 Å². The molecule has 0 saturated carbocycles. The summed E-state index contributed by atoms with van der Waals surface area (Å²) in [6, 6.07) is 0. The lowest BCUT2D eigenvalue weighted by Crippen LogP contribution is -2.40. The molecule has 0 saturated heterocycles. The molecular weight excluding hydrogens is 160 g/mol. The molecule has 4 heteroatoms. The molecule has 11 heavy (non-hydrogen) atoms. The first-order valence-electron chi connectivity index (χ1n) is 3.03. The van der Waals surface area contributed by atoms with Crippen molar-refractivity contribution in [2.45, 2.75) is 0 Å². The Labute approximate surface area is 69.6 Å². The van der Waals surface area contributed by atoms with Crippen molar-refractivity contribution in [2.24, 2.45) is 0 Å². The molecule has 0 aliphatic carbocycles. The summed E-state index contributed by atoms with van der Waals surface area (Å²) in [6.07, 6.45) is 0. The molecular formula is C7H16O3Si. The second-order valence-electron chi connectivity index (χ2n) is 1.42. The molecule has 3 nitrogen and oxygen atoms in total. The largest absolute Gasteiger partial charge is 0.528 e. The Kier molecular flexibility index (Phi) is 9.21. The second kappa shape index (κ2) is 7.68. The average Bonchev–Trinajstić information content (AvgIpc) is 2.13. The predicted octanol–water partition coefficient (Wildman–Crippen LogP) is 1.39. The fraction of sp³-hybridized carbons (Fsp3) is 0.429. The van der Waals surface area contributed by atoms with Crippen LogP contribution in [0.15, 0.2) is 25.4 Å². The maximum atomic E-state index is 4.96. The zero-order valence-electron chi connectivity index (χ0n) is 7.42. The number of hydrogen-bond acceptors (Lipinski definition) is 3. The summed E-state index contributed by atoms with van der Waals surface area (Å²) in [7, 11) is 2.20. The summed E-state index contributed by atoms with van der Waals surface area (Å²) in [5, 5.41) is 0. The van der Waals surface area contributed by atoms with Crippen LogP contribution in [0.3, 0.4) is 0 Å². The summed E-state index contributed by atoms with van der Waals surface area (Å²) in [5.74, 6) is 0. The monoisotopic (exact) mass is 176 g/mol. The average molecular weight is 176 g/mol. The van der Waals surface area contributed by atoms with Crippen molar-refractivity contribution in [2.75, 3.05) is 21.3 Å². The highest BCUT2D eigenvalue weighted by Gasteiger charge is 2.33. The molecule has 0 aromatic carbocycles. The Bertz CT molecular complexity index is 93.6. The Morgan fingerprint density at radius 3 is 1.27 bits per heavy atom. The van der Waals surface area contributed by atoms with E-state index in [-0.39, 0.29) is 0 Å². The molecule has 0 atom stereocenters. The van der Waals surface area contributed by atoms with Crippen LogP contribution >= 0.6 is 0 Å². The first-order chi connectivity index (χ1) is 5.24. The molecule has 0 heterocycles. The first kappa shape index (κ1) is 13.2. The Morgan fingerprint density at radius 2 is 1.27 bits per heavy atom. The van der Waals surface area contributed by atoms with Gasteiger partial charge in [-0.15, -0.1) is 13.2 Å². The zero-order valence-corrected chi connectivity index (χ0v) is 8.42. The molecule has 0 rings (SSSR count). The molecule has 0 fully saturated rings. The van der Waals surface area contributed by atoms with E-state index >= 15 is 0 Å². The van der Waals surface area contributed by atoms with E-state index in [2.05, 4.69) is 19.7 Å². The van der Waals surface area contributed by atoms with Crippen molar-refractivity contribution in [1.29, 1.82) is 0 Å². The van der Waals surface area contributed by atoms with Gasteiger partial charge in [-0.05, 0) is 5.70 Å². The maximum Gasteiger partial charge on any atom is 0.528 e. The normalized spacial score (nSPS) is 9.73. The first-order valence-corrected chi connectivity index (χ1v) is 4.84. The van der Waals surface area contributed by atoms with Crippen LogP contribution in [0.4, 0.5) is 0 Å². The van der Waals surface area contributed by atoms with Crippen molar-refractivity contribution >= 4 is 8.80 Å². The lowest BCUT2D eigenvalue weighted by molar-refractivity contribution is 0.138. The van der Waals surface area contributed by atoms with Gasteiger partial charge in [0.25, 0.3) is 0 Å². The summed E-state index contributed by atoms with van der Waals surface area (Å²) in [6.45, 7) is 9.53. The van der Waals surface area contributed by atoms with Gasteiger partial charge in [0, 0.05) is 21.3 Å². The van der Waals surface area contributed by atoms with Crippen LogP contribution < -0.4 is 0 Å². The molecule has 0 aromatic heterocycles. The fourth-order valence-corrected chi connectivity index (χ4v) is 1.50. The number of hydrogen-bond donors (Lipinski definition) is 0. The molecule has 0 bridgehead atoms. The summed E-state index contributed by atoms with van der Waals surface area (Å²) < 4.78 is 14.9. The highest BCUT2D eigenvalue weighted by molar-refractivity contribution is 6.66. The summed E-state index contributed by atoms with van der Waals surface area (Å²) >= 11 is 0. The van der Waals surface area contributed by atoms with Crippen LogP contribution in [0, 0.1) is 0 Å². The van der Waals surface area contributed by atoms with Crippen LogP contribution in [-0.4, -0.2) is 30.1 Å². The van der Waals surface area contributed by atoms with Gasteiger partial charge >= 0.3 is 8.80 Å². The second-order valence-corrected chi connectivity index (χ2v) is 4.26. The van der Waals surface area contributed by atoms with E-state index in [1.807, 2.05) is 0 Å². The van der Waals surface area contributed by atoms with Crippen LogP contribution in [0.1, 0.15) is 0 Å². The molecule has 0 aliphatic rings. The topological polar surface area (TPSA) is 27.7 Å². The fourth-order valence-electron chi connectivity index (χ4n) is 0.500. The van der Waals surface area contributed by atoms with E-state index in [9.17, 15) is 0 Å². The van der Waals surface area contributed by atoms with E-state index in [1.165, 1.54) is 0 Å². The van der Waals surface area contributed by atoms with Gasteiger partial charge in [0.1, 0.15) is 0 Å². The van der Waals surface area contributed by atoms with Gasteiger partial charge in [0.15, 0.2) is 0 Å². The van der Waals surface area contributed by atoms with Gasteiger partial charge in [-0.1, -0.05) is 6.58 Å². The lowest BCUT2D eigenvalue weighted by Gasteiger charge is -2.19. The molecule has 0 radical (unpaired) electrons. The zero-order chi connectivity index (χ0) is 9.33. The number of rotatable bonds is 4. The minimum atomic E-state index is -2.43. The van der Waals surface area contributed by atoms with Crippen LogP contribution in [-0.2, 0) is 13.3 Å². The maximum absolute atomic E-state index is 4.96. The van der Waals surface area contributed by atoms with E-state index < -0.39 is 8.80 Å². The SMILES string of the molecule is C=C.C=C[Si](OC)(OC)OC. The van der Waals surface area contributed by atoms with Gasteiger partial charge in [0.2, 0.25) is 0 Å². The third-order valence-corrected chi connectivity index (χ3v) is 3.31. The van der Waals surface area contributed by atoms with Crippen molar-refractivity contribution in [3.05, 3.63) is 25.4 Å². The Hall–Kier alpha value is -0.423. The van der Waals surface area contributed by atoms with E-state index in [0.717, 1.165) is 0 Å². The molecule has 66 valence electrons. The predicted molar refractivity (Wildman–Crippen MR) is 48.2 cm³/mol. The van der Waals surface area contributed by atoms with Gasteiger partial charge in [-0.25, -0.2) is 0 Å². The van der Waals surface area contributed by atoms with Crippen LogP contribution in [0.5, 0.6) is 0 Å². The van der Waals surface area contributed by atoms with Crippen LogP contribution in [0.2, 0.25) is 0 Å². The van der Waals surface area contributed by atoms with Gasteiger partial charge in [0.05, 0.1) is 0 Å². The quantitative estimate of drug-likeness (QED) is 0.478. The standard InChI is InChI=1S/C5H12O3Si.C2H4/c1-5-9(6-2,7-3)8-4;1-2/h5H,1H2,2-4H3;1-2H2. The minimum Gasteiger partial charge on any atom is -0.374 e. The molecule has 0 aliphatic heterocycles. The molecule has 0 N–H and O–H groups in total. The highest BCUT2D eigenvalue weighted by Crippen LogP contribution is 2.04. The highest BCUT2D eigenvalue weighted by atomic mass is 28.4. The summed E-state index contributed by atoms with van der Waals surface area (Å²) in [5.41, 5.74) is 1.58. The molecule has 0 aromatic rings. The van der Waals surface area contributed by atoms with Gasteiger partial charge < -0.3 is 13.3 Å². The van der Waals surface area contributed by atoms with Gasteiger partial charge in [-0.2, -0.15) is 0 Å². The van der Waals surface area contributed by atoms with Crippen molar-refractivity contribution in [3.8, 4) is 0 Å². The third-order valence-electron chi connectivity index (χ3n) is 1.10. The van der Waals surface area contributed by atoms with Crippen LogP contribution in [0.25, 0.3) is 0 Å². The van der Waals surface area contributed by atoms with Gasteiger partial charge in [-0.3, -0.25) is 0 Å². The smallest absolute Gasteiger partial charge is 0.374 e.